The maximum absolute atomic E-state index is 11.6. The zero-order valence-corrected chi connectivity index (χ0v) is 8.79. The van der Waals surface area contributed by atoms with Crippen molar-refractivity contribution in [3.05, 3.63) is 35.4 Å². The fraction of sp³-hybridized carbons (Fsp3) is 0.417. The van der Waals surface area contributed by atoms with Crippen LogP contribution in [0.5, 0.6) is 0 Å². The lowest BCUT2D eigenvalue weighted by Crippen LogP contribution is -2.19. The number of carbonyl (C=O) groups excluding carboxylic acids is 1. The highest BCUT2D eigenvalue weighted by molar-refractivity contribution is 5.97. The number of benzene rings is 1. The molecule has 1 aromatic carbocycles. The molecular formula is C12H15NO2. The second-order valence-corrected chi connectivity index (χ2v) is 4.07. The Morgan fingerprint density at radius 3 is 2.87 bits per heavy atom. The molecule has 1 aliphatic carbocycles. The average molecular weight is 205 g/mol. The van der Waals surface area contributed by atoms with Gasteiger partial charge in [-0.05, 0) is 31.5 Å². The molecular weight excluding hydrogens is 190 g/mol. The van der Waals surface area contributed by atoms with E-state index in [9.17, 15) is 9.90 Å². The first-order chi connectivity index (χ1) is 7.15. The fourth-order valence-corrected chi connectivity index (χ4v) is 1.65. The number of nitrogens with one attached hydrogen (secondary N) is 1. The third-order valence-corrected chi connectivity index (χ3v) is 2.78. The number of Topliss-reactive ketones (excluding diaryl/α,β-unsaturated/α-hetero) is 1. The highest BCUT2D eigenvalue weighted by atomic mass is 16.3. The van der Waals surface area contributed by atoms with Crippen LogP contribution < -0.4 is 5.32 Å². The highest BCUT2D eigenvalue weighted by Gasteiger charge is 2.42. The van der Waals surface area contributed by atoms with Crippen LogP contribution >= 0.6 is 0 Å². The van der Waals surface area contributed by atoms with E-state index in [0.717, 1.165) is 18.4 Å². The summed E-state index contributed by atoms with van der Waals surface area (Å²) in [6.07, 6.45) is 1.60. The number of hydrogen-bond acceptors (Lipinski definition) is 3. The second-order valence-electron chi connectivity index (χ2n) is 4.07. The normalized spacial score (nSPS) is 17.5. The molecule has 0 unspecified atom stereocenters. The van der Waals surface area contributed by atoms with E-state index in [2.05, 4.69) is 5.32 Å². The molecule has 0 aromatic heterocycles. The van der Waals surface area contributed by atoms with Crippen LogP contribution in [0, 0.1) is 0 Å². The van der Waals surface area contributed by atoms with Gasteiger partial charge in [-0.3, -0.25) is 4.79 Å². The van der Waals surface area contributed by atoms with E-state index in [1.165, 1.54) is 0 Å². The van der Waals surface area contributed by atoms with Crippen LogP contribution in [0.4, 0.5) is 0 Å². The van der Waals surface area contributed by atoms with E-state index < -0.39 is 5.60 Å². The zero-order valence-electron chi connectivity index (χ0n) is 8.79. The molecule has 3 nitrogen and oxygen atoms in total. The van der Waals surface area contributed by atoms with Gasteiger partial charge in [0, 0.05) is 5.56 Å². The van der Waals surface area contributed by atoms with Crippen LogP contribution in [0.2, 0.25) is 0 Å². The summed E-state index contributed by atoms with van der Waals surface area (Å²) in [6, 6.07) is 7.29. The zero-order chi connectivity index (χ0) is 10.9. The SMILES string of the molecule is CNCC(=O)c1cccc(C2(O)CC2)c1. The summed E-state index contributed by atoms with van der Waals surface area (Å²) in [7, 11) is 1.75. The van der Waals surface area contributed by atoms with Crippen molar-refractivity contribution < 1.29 is 9.90 Å². The Hall–Kier alpha value is -1.19. The van der Waals surface area contributed by atoms with Gasteiger partial charge in [0.1, 0.15) is 0 Å². The van der Waals surface area contributed by atoms with Crippen molar-refractivity contribution in [3.63, 3.8) is 0 Å². The summed E-state index contributed by atoms with van der Waals surface area (Å²) in [5.74, 6) is 0.0589. The lowest BCUT2D eigenvalue weighted by molar-refractivity contribution is 0.0993. The van der Waals surface area contributed by atoms with Gasteiger partial charge < -0.3 is 10.4 Å². The Morgan fingerprint density at radius 2 is 2.27 bits per heavy atom. The molecule has 0 atom stereocenters. The minimum absolute atomic E-state index is 0.0589. The van der Waals surface area contributed by atoms with Crippen molar-refractivity contribution in [1.29, 1.82) is 0 Å². The van der Waals surface area contributed by atoms with E-state index in [-0.39, 0.29) is 5.78 Å². The van der Waals surface area contributed by atoms with Crippen molar-refractivity contribution in [3.8, 4) is 0 Å². The van der Waals surface area contributed by atoms with Gasteiger partial charge >= 0.3 is 0 Å². The Labute approximate surface area is 89.1 Å². The van der Waals surface area contributed by atoms with Gasteiger partial charge in [0.15, 0.2) is 5.78 Å². The summed E-state index contributed by atoms with van der Waals surface area (Å²) < 4.78 is 0. The van der Waals surface area contributed by atoms with Crippen molar-refractivity contribution in [2.75, 3.05) is 13.6 Å². The van der Waals surface area contributed by atoms with Crippen LogP contribution in [0.15, 0.2) is 24.3 Å². The lowest BCUT2D eigenvalue weighted by atomic mass is 10.0. The first-order valence-electron chi connectivity index (χ1n) is 5.16. The highest BCUT2D eigenvalue weighted by Crippen LogP contribution is 2.45. The molecule has 1 fully saturated rings. The number of hydrogen-bond donors (Lipinski definition) is 2. The van der Waals surface area contributed by atoms with Crippen molar-refractivity contribution >= 4 is 5.78 Å². The molecule has 2 rings (SSSR count). The molecule has 3 heteroatoms. The van der Waals surface area contributed by atoms with Crippen molar-refractivity contribution in [1.82, 2.24) is 5.32 Å². The molecule has 1 aliphatic rings. The number of likely N-dealkylation sites (N-methyl/N-ethyl adjacent to an activating group) is 1. The molecule has 0 saturated heterocycles. The van der Waals surface area contributed by atoms with Crippen LogP contribution in [-0.4, -0.2) is 24.5 Å². The third kappa shape index (κ3) is 2.08. The Bertz CT molecular complexity index is 383. The number of rotatable bonds is 4. The fourth-order valence-electron chi connectivity index (χ4n) is 1.65. The standard InChI is InChI=1S/C12H15NO2/c1-13-8-11(14)9-3-2-4-10(7-9)12(15)5-6-12/h2-4,7,13,15H,5-6,8H2,1H3. The van der Waals surface area contributed by atoms with Gasteiger partial charge in [-0.2, -0.15) is 0 Å². The molecule has 80 valence electrons. The molecule has 1 saturated carbocycles. The maximum Gasteiger partial charge on any atom is 0.176 e. The molecule has 15 heavy (non-hydrogen) atoms. The first kappa shape index (κ1) is 10.3. The quantitative estimate of drug-likeness (QED) is 0.723. The summed E-state index contributed by atoms with van der Waals surface area (Å²) in [4.78, 5) is 11.6. The van der Waals surface area contributed by atoms with E-state index in [1.807, 2.05) is 12.1 Å². The summed E-state index contributed by atoms with van der Waals surface area (Å²) in [5, 5.41) is 12.7. The Kier molecular flexibility index (Phi) is 2.59. The van der Waals surface area contributed by atoms with Gasteiger partial charge in [0.2, 0.25) is 0 Å². The van der Waals surface area contributed by atoms with Gasteiger partial charge in [0.05, 0.1) is 12.1 Å². The second kappa shape index (κ2) is 3.76. The molecule has 1 aromatic rings. The number of aliphatic hydroxyl groups is 1. The topological polar surface area (TPSA) is 49.3 Å². The van der Waals surface area contributed by atoms with Gasteiger partial charge in [-0.15, -0.1) is 0 Å². The molecule has 0 spiro atoms. The predicted molar refractivity (Wildman–Crippen MR) is 57.8 cm³/mol. The Morgan fingerprint density at radius 1 is 1.53 bits per heavy atom. The molecule has 0 aliphatic heterocycles. The monoisotopic (exact) mass is 205 g/mol. The molecule has 2 N–H and O–H groups in total. The summed E-state index contributed by atoms with van der Waals surface area (Å²) in [5.41, 5.74) is 0.877. The minimum Gasteiger partial charge on any atom is -0.385 e. The van der Waals surface area contributed by atoms with Crippen molar-refractivity contribution in [2.45, 2.75) is 18.4 Å². The van der Waals surface area contributed by atoms with Crippen LogP contribution in [0.25, 0.3) is 0 Å². The largest absolute Gasteiger partial charge is 0.385 e. The smallest absolute Gasteiger partial charge is 0.176 e. The summed E-state index contributed by atoms with van der Waals surface area (Å²) in [6.45, 7) is 0.335. The summed E-state index contributed by atoms with van der Waals surface area (Å²) >= 11 is 0. The third-order valence-electron chi connectivity index (χ3n) is 2.78. The van der Waals surface area contributed by atoms with E-state index in [1.54, 1.807) is 19.2 Å². The van der Waals surface area contributed by atoms with Gasteiger partial charge in [-0.1, -0.05) is 18.2 Å². The lowest BCUT2D eigenvalue weighted by Gasteiger charge is -2.09. The molecule has 0 amide bonds. The van der Waals surface area contributed by atoms with Crippen LogP contribution in [0.1, 0.15) is 28.8 Å². The van der Waals surface area contributed by atoms with Crippen LogP contribution in [-0.2, 0) is 5.60 Å². The van der Waals surface area contributed by atoms with Crippen LogP contribution in [0.3, 0.4) is 0 Å². The first-order valence-corrected chi connectivity index (χ1v) is 5.16. The van der Waals surface area contributed by atoms with Gasteiger partial charge in [0.25, 0.3) is 0 Å². The van der Waals surface area contributed by atoms with E-state index in [0.29, 0.717) is 12.1 Å². The van der Waals surface area contributed by atoms with E-state index >= 15 is 0 Å². The Balaban J connectivity index is 2.23. The number of carbonyl (C=O) groups is 1. The molecule has 0 heterocycles. The molecule has 0 bridgehead atoms. The average Bonchev–Trinajstić information content (AvgIpc) is 2.99. The maximum atomic E-state index is 11.6. The van der Waals surface area contributed by atoms with Crippen molar-refractivity contribution in [2.24, 2.45) is 0 Å². The number of ketones is 1. The van der Waals surface area contributed by atoms with E-state index in [4.69, 9.17) is 0 Å². The molecule has 0 radical (unpaired) electrons. The predicted octanol–water partition coefficient (Wildman–Crippen LogP) is 1.07. The minimum atomic E-state index is -0.657. The van der Waals surface area contributed by atoms with Gasteiger partial charge in [-0.25, -0.2) is 0 Å².